The Morgan fingerprint density at radius 1 is 1.17 bits per heavy atom. The number of rotatable bonds is 8. The first-order valence-corrected chi connectivity index (χ1v) is 10.9. The van der Waals surface area contributed by atoms with Gasteiger partial charge in [0.2, 0.25) is 5.91 Å². The Kier molecular flexibility index (Phi) is 7.53. The van der Waals surface area contributed by atoms with Gasteiger partial charge in [0, 0.05) is 32.6 Å². The highest BCUT2D eigenvalue weighted by molar-refractivity contribution is 5.97. The SMILES string of the molecule is Cc1ccc2c(c1)N(CCCC(=O)NCCCN1C[C@H](C)C[C@@H](C)C1)C(=O)CO2. The van der Waals surface area contributed by atoms with Gasteiger partial charge in [0.25, 0.3) is 5.91 Å². The van der Waals surface area contributed by atoms with Gasteiger partial charge < -0.3 is 19.9 Å². The average molecular weight is 402 g/mol. The molecular weight excluding hydrogens is 366 g/mol. The summed E-state index contributed by atoms with van der Waals surface area (Å²) in [5, 5.41) is 3.03. The van der Waals surface area contributed by atoms with Crippen molar-refractivity contribution in [2.75, 3.05) is 44.2 Å². The highest BCUT2D eigenvalue weighted by Crippen LogP contribution is 2.33. The van der Waals surface area contributed by atoms with Crippen LogP contribution in [0.15, 0.2) is 18.2 Å². The number of likely N-dealkylation sites (tertiary alicyclic amines) is 1. The number of piperidine rings is 1. The first-order valence-electron chi connectivity index (χ1n) is 10.9. The summed E-state index contributed by atoms with van der Waals surface area (Å²) in [5.74, 6) is 2.29. The zero-order valence-electron chi connectivity index (χ0n) is 18.1. The Morgan fingerprint density at radius 3 is 2.69 bits per heavy atom. The number of fused-ring (bicyclic) bond motifs is 1. The highest BCUT2D eigenvalue weighted by atomic mass is 16.5. The molecule has 29 heavy (non-hydrogen) atoms. The quantitative estimate of drug-likeness (QED) is 0.681. The maximum atomic E-state index is 12.2. The lowest BCUT2D eigenvalue weighted by Crippen LogP contribution is -2.40. The smallest absolute Gasteiger partial charge is 0.265 e. The average Bonchev–Trinajstić information content (AvgIpc) is 2.66. The monoisotopic (exact) mass is 401 g/mol. The van der Waals surface area contributed by atoms with E-state index in [2.05, 4.69) is 24.1 Å². The number of ether oxygens (including phenoxy) is 1. The molecule has 2 amide bonds. The maximum Gasteiger partial charge on any atom is 0.265 e. The van der Waals surface area contributed by atoms with Crippen LogP contribution in [0.25, 0.3) is 0 Å². The van der Waals surface area contributed by atoms with Crippen LogP contribution >= 0.6 is 0 Å². The predicted octanol–water partition coefficient (Wildman–Crippen LogP) is 2.98. The van der Waals surface area contributed by atoms with Gasteiger partial charge in [0.05, 0.1) is 5.69 Å². The highest BCUT2D eigenvalue weighted by Gasteiger charge is 2.25. The Morgan fingerprint density at radius 2 is 1.93 bits per heavy atom. The Bertz CT molecular complexity index is 711. The molecular formula is C23H35N3O3. The van der Waals surface area contributed by atoms with Crippen LogP contribution in [-0.2, 0) is 9.59 Å². The van der Waals surface area contributed by atoms with Gasteiger partial charge in [-0.05, 0) is 62.3 Å². The minimum Gasteiger partial charge on any atom is -0.482 e. The summed E-state index contributed by atoms with van der Waals surface area (Å²) in [4.78, 5) is 28.7. The van der Waals surface area contributed by atoms with Gasteiger partial charge in [0.1, 0.15) is 5.75 Å². The summed E-state index contributed by atoms with van der Waals surface area (Å²) in [6.45, 7) is 11.4. The number of benzene rings is 1. The zero-order chi connectivity index (χ0) is 20.8. The largest absolute Gasteiger partial charge is 0.482 e. The number of hydrogen-bond acceptors (Lipinski definition) is 4. The molecule has 1 saturated heterocycles. The van der Waals surface area contributed by atoms with Crippen LogP contribution in [0.5, 0.6) is 5.75 Å². The fourth-order valence-electron chi connectivity index (χ4n) is 4.55. The molecule has 0 saturated carbocycles. The van der Waals surface area contributed by atoms with Crippen LogP contribution in [0, 0.1) is 18.8 Å². The van der Waals surface area contributed by atoms with Crippen molar-refractivity contribution in [3.8, 4) is 5.75 Å². The van der Waals surface area contributed by atoms with Gasteiger partial charge in [-0.1, -0.05) is 19.9 Å². The van der Waals surface area contributed by atoms with Crippen LogP contribution in [0.1, 0.15) is 45.1 Å². The number of carbonyl (C=O) groups is 2. The van der Waals surface area contributed by atoms with Crippen molar-refractivity contribution in [3.63, 3.8) is 0 Å². The van der Waals surface area contributed by atoms with Crippen LogP contribution in [0.2, 0.25) is 0 Å². The van der Waals surface area contributed by atoms with Gasteiger partial charge in [-0.15, -0.1) is 0 Å². The van der Waals surface area contributed by atoms with Crippen molar-refractivity contribution in [2.45, 2.75) is 46.5 Å². The Balaban J connectivity index is 1.35. The van der Waals surface area contributed by atoms with Crippen molar-refractivity contribution in [2.24, 2.45) is 11.8 Å². The number of nitrogens with one attached hydrogen (secondary N) is 1. The van der Waals surface area contributed by atoms with E-state index in [0.717, 1.165) is 48.3 Å². The van der Waals surface area contributed by atoms with E-state index in [1.807, 2.05) is 25.1 Å². The number of hydrogen-bond donors (Lipinski definition) is 1. The molecule has 1 aromatic rings. The molecule has 2 atom stereocenters. The van der Waals surface area contributed by atoms with Gasteiger partial charge in [-0.25, -0.2) is 0 Å². The number of anilines is 1. The van der Waals surface area contributed by atoms with Crippen molar-refractivity contribution < 1.29 is 14.3 Å². The van der Waals surface area contributed by atoms with Gasteiger partial charge >= 0.3 is 0 Å². The van der Waals surface area contributed by atoms with E-state index < -0.39 is 0 Å². The molecule has 2 heterocycles. The maximum absolute atomic E-state index is 12.2. The van der Waals surface area contributed by atoms with Crippen molar-refractivity contribution >= 4 is 17.5 Å². The summed E-state index contributed by atoms with van der Waals surface area (Å²) < 4.78 is 5.50. The van der Waals surface area contributed by atoms with E-state index in [0.29, 0.717) is 19.4 Å². The minimum atomic E-state index is -0.0477. The zero-order valence-corrected chi connectivity index (χ0v) is 18.1. The molecule has 2 aliphatic rings. The number of amides is 2. The molecule has 1 aromatic carbocycles. The third-order valence-corrected chi connectivity index (χ3v) is 5.76. The summed E-state index contributed by atoms with van der Waals surface area (Å²) in [7, 11) is 0. The van der Waals surface area contributed by atoms with E-state index in [1.54, 1.807) is 4.90 Å². The van der Waals surface area contributed by atoms with E-state index in [1.165, 1.54) is 19.5 Å². The third-order valence-electron chi connectivity index (χ3n) is 5.76. The van der Waals surface area contributed by atoms with Gasteiger partial charge in [-0.3, -0.25) is 9.59 Å². The van der Waals surface area contributed by atoms with Crippen LogP contribution in [0.3, 0.4) is 0 Å². The van der Waals surface area contributed by atoms with E-state index in [9.17, 15) is 9.59 Å². The van der Waals surface area contributed by atoms with Crippen molar-refractivity contribution in [3.05, 3.63) is 23.8 Å². The van der Waals surface area contributed by atoms with Crippen LogP contribution in [0.4, 0.5) is 5.69 Å². The molecule has 0 unspecified atom stereocenters. The third kappa shape index (κ3) is 6.20. The normalized spacial score (nSPS) is 22.2. The van der Waals surface area contributed by atoms with E-state index >= 15 is 0 Å². The van der Waals surface area contributed by atoms with Crippen LogP contribution < -0.4 is 15.0 Å². The molecule has 2 aliphatic heterocycles. The summed E-state index contributed by atoms with van der Waals surface area (Å²) in [6.07, 6.45) is 3.39. The number of carbonyl (C=O) groups excluding carboxylic acids is 2. The summed E-state index contributed by atoms with van der Waals surface area (Å²) in [6, 6.07) is 5.85. The fraction of sp³-hybridized carbons (Fsp3) is 0.652. The second-order valence-electron chi connectivity index (χ2n) is 8.82. The number of nitrogens with zero attached hydrogens (tertiary/aromatic N) is 2. The molecule has 6 heteroatoms. The minimum absolute atomic E-state index is 0.0477. The molecule has 6 nitrogen and oxygen atoms in total. The van der Waals surface area contributed by atoms with Crippen molar-refractivity contribution in [1.82, 2.24) is 10.2 Å². The Hall–Kier alpha value is -2.08. The Labute approximate surface area is 174 Å². The molecule has 0 bridgehead atoms. The van der Waals surface area contributed by atoms with Crippen LogP contribution in [-0.4, -0.2) is 56.0 Å². The lowest BCUT2D eigenvalue weighted by Gasteiger charge is -2.34. The lowest BCUT2D eigenvalue weighted by atomic mass is 9.92. The molecule has 160 valence electrons. The predicted molar refractivity (Wildman–Crippen MR) is 115 cm³/mol. The second-order valence-corrected chi connectivity index (χ2v) is 8.82. The lowest BCUT2D eigenvalue weighted by molar-refractivity contribution is -0.122. The fourth-order valence-corrected chi connectivity index (χ4v) is 4.55. The molecule has 0 radical (unpaired) electrons. The van der Waals surface area contributed by atoms with E-state index in [-0.39, 0.29) is 18.4 Å². The molecule has 0 aromatic heterocycles. The summed E-state index contributed by atoms with van der Waals surface area (Å²) in [5.41, 5.74) is 1.90. The number of aryl methyl sites for hydroxylation is 1. The first-order chi connectivity index (χ1) is 13.9. The van der Waals surface area contributed by atoms with Crippen molar-refractivity contribution in [1.29, 1.82) is 0 Å². The molecule has 0 spiro atoms. The van der Waals surface area contributed by atoms with Gasteiger partial charge in [0.15, 0.2) is 6.61 Å². The van der Waals surface area contributed by atoms with E-state index in [4.69, 9.17) is 4.74 Å². The standard InChI is InChI=1S/C23H35N3O3/c1-17-7-8-21-20(13-17)26(23(28)16-29-21)11-4-6-22(27)24-9-5-10-25-14-18(2)12-19(3)15-25/h7-8,13,18-19H,4-6,9-12,14-16H2,1-3H3,(H,24,27)/t18-,19-/m1/s1. The summed E-state index contributed by atoms with van der Waals surface area (Å²) >= 11 is 0. The molecule has 3 rings (SSSR count). The van der Waals surface area contributed by atoms with Gasteiger partial charge in [-0.2, -0.15) is 0 Å². The second kappa shape index (κ2) is 10.1. The first kappa shape index (κ1) is 21.6. The molecule has 0 aliphatic carbocycles. The molecule has 1 N–H and O–H groups in total. The molecule has 1 fully saturated rings. The topological polar surface area (TPSA) is 61.9 Å².